The second-order valence-corrected chi connectivity index (χ2v) is 5.52. The molecule has 1 aromatic rings. The van der Waals surface area contributed by atoms with Gasteiger partial charge in [-0.2, -0.15) is 5.10 Å². The zero-order valence-corrected chi connectivity index (χ0v) is 13.3. The van der Waals surface area contributed by atoms with Crippen LogP contribution in [0.3, 0.4) is 0 Å². The van der Waals surface area contributed by atoms with Gasteiger partial charge in [-0.25, -0.2) is 0 Å². The first-order valence-electron chi connectivity index (χ1n) is 7.06. The minimum atomic E-state index is -0.250. The Balaban J connectivity index is 2.67. The molecular weight excluding hydrogens is 292 g/mol. The van der Waals surface area contributed by atoms with E-state index in [1.54, 1.807) is 0 Å². The summed E-state index contributed by atoms with van der Waals surface area (Å²) in [5.74, 6) is 0. The Hall–Kier alpha value is -0.350. The summed E-state index contributed by atoms with van der Waals surface area (Å²) in [6.45, 7) is 7.23. The van der Waals surface area contributed by atoms with Crippen molar-refractivity contribution in [2.75, 3.05) is 0 Å². The van der Waals surface area contributed by atoms with Crippen LogP contribution in [0.5, 0.6) is 0 Å². The molecule has 0 saturated carbocycles. The molecule has 0 aliphatic heterocycles. The van der Waals surface area contributed by atoms with E-state index < -0.39 is 0 Å². The third kappa shape index (κ3) is 4.09. The van der Waals surface area contributed by atoms with Crippen molar-refractivity contribution in [2.24, 2.45) is 0 Å². The summed E-state index contributed by atoms with van der Waals surface area (Å²) in [7, 11) is 0. The van der Waals surface area contributed by atoms with Gasteiger partial charge in [0.25, 0.3) is 0 Å². The number of aromatic nitrogens is 2. The number of aryl methyl sites for hydroxylation is 2. The molecular formula is C14H25BrN2O. The molecule has 1 unspecified atom stereocenters. The van der Waals surface area contributed by atoms with Crippen LogP contribution in [0.4, 0.5) is 0 Å². The van der Waals surface area contributed by atoms with E-state index in [2.05, 4.69) is 41.8 Å². The molecule has 1 atom stereocenters. The number of unbranched alkanes of at least 4 members (excludes halogenated alkanes) is 2. The molecule has 104 valence electrons. The molecule has 4 heteroatoms. The highest BCUT2D eigenvalue weighted by molar-refractivity contribution is 9.10. The molecule has 1 aromatic heterocycles. The van der Waals surface area contributed by atoms with Gasteiger partial charge in [-0.3, -0.25) is 4.68 Å². The normalized spacial score (nSPS) is 12.9. The van der Waals surface area contributed by atoms with Gasteiger partial charge in [0.1, 0.15) is 0 Å². The molecule has 1 rings (SSSR count). The monoisotopic (exact) mass is 316 g/mol. The van der Waals surface area contributed by atoms with Crippen LogP contribution in [0.15, 0.2) is 4.47 Å². The van der Waals surface area contributed by atoms with Crippen LogP contribution in [-0.2, 0) is 19.4 Å². The Kier molecular flexibility index (Phi) is 6.94. The molecule has 0 bridgehead atoms. The van der Waals surface area contributed by atoms with E-state index in [0.717, 1.165) is 41.7 Å². The Bertz CT molecular complexity index is 363. The molecule has 3 nitrogen and oxygen atoms in total. The lowest BCUT2D eigenvalue weighted by Gasteiger charge is -2.12. The minimum absolute atomic E-state index is 0.250. The van der Waals surface area contributed by atoms with Gasteiger partial charge in [0.2, 0.25) is 0 Å². The summed E-state index contributed by atoms with van der Waals surface area (Å²) in [5.41, 5.74) is 2.23. The number of hydrogen-bond donors (Lipinski definition) is 1. The second kappa shape index (κ2) is 7.95. The zero-order valence-electron chi connectivity index (χ0n) is 11.7. The Labute approximate surface area is 119 Å². The van der Waals surface area contributed by atoms with Crippen LogP contribution >= 0.6 is 15.9 Å². The maximum Gasteiger partial charge on any atom is 0.0766 e. The van der Waals surface area contributed by atoms with Crippen molar-refractivity contribution in [1.82, 2.24) is 9.78 Å². The minimum Gasteiger partial charge on any atom is -0.393 e. The first-order valence-corrected chi connectivity index (χ1v) is 7.85. The summed E-state index contributed by atoms with van der Waals surface area (Å²) in [5, 5.41) is 14.6. The van der Waals surface area contributed by atoms with Crippen LogP contribution in [0.25, 0.3) is 0 Å². The fraction of sp³-hybridized carbons (Fsp3) is 0.786. The average molecular weight is 317 g/mol. The van der Waals surface area contributed by atoms with Crippen molar-refractivity contribution in [2.45, 2.75) is 71.9 Å². The predicted molar refractivity (Wildman–Crippen MR) is 78.8 cm³/mol. The number of aliphatic hydroxyl groups excluding tert-OH is 1. The van der Waals surface area contributed by atoms with Gasteiger partial charge < -0.3 is 5.11 Å². The van der Waals surface area contributed by atoms with Crippen LogP contribution in [-0.4, -0.2) is 21.0 Å². The van der Waals surface area contributed by atoms with Crippen molar-refractivity contribution in [3.05, 3.63) is 15.9 Å². The van der Waals surface area contributed by atoms with Gasteiger partial charge in [0.05, 0.1) is 22.0 Å². The Morgan fingerprint density at radius 2 is 2.00 bits per heavy atom. The molecule has 0 radical (unpaired) electrons. The molecule has 0 fully saturated rings. The van der Waals surface area contributed by atoms with Crippen molar-refractivity contribution in [3.63, 3.8) is 0 Å². The zero-order chi connectivity index (χ0) is 13.5. The van der Waals surface area contributed by atoms with E-state index in [0.29, 0.717) is 6.42 Å². The van der Waals surface area contributed by atoms with Gasteiger partial charge in [-0.1, -0.05) is 33.1 Å². The highest BCUT2D eigenvalue weighted by atomic mass is 79.9. The molecule has 18 heavy (non-hydrogen) atoms. The number of aliphatic hydroxyl groups is 1. The molecule has 0 saturated heterocycles. The predicted octanol–water partition coefficient (Wildman–Crippen LogP) is 3.71. The summed E-state index contributed by atoms with van der Waals surface area (Å²) in [6, 6.07) is 0. The van der Waals surface area contributed by atoms with E-state index in [9.17, 15) is 5.11 Å². The molecule has 1 N–H and O–H groups in total. The summed E-state index contributed by atoms with van der Waals surface area (Å²) >= 11 is 3.62. The van der Waals surface area contributed by atoms with Crippen LogP contribution in [0, 0.1) is 0 Å². The first-order chi connectivity index (χ1) is 8.63. The topological polar surface area (TPSA) is 38.1 Å². The van der Waals surface area contributed by atoms with Crippen molar-refractivity contribution >= 4 is 15.9 Å². The van der Waals surface area contributed by atoms with Crippen molar-refractivity contribution < 1.29 is 5.11 Å². The molecule has 0 aliphatic carbocycles. The maximum atomic E-state index is 10.1. The van der Waals surface area contributed by atoms with E-state index in [4.69, 9.17) is 0 Å². The third-order valence-electron chi connectivity index (χ3n) is 3.26. The standard InChI is InChI=1S/C14H25BrN2O/c1-4-7-8-9-11(18)10-13-14(15)12(5-2)16-17(13)6-3/h11,18H,4-10H2,1-3H3. The van der Waals surface area contributed by atoms with Gasteiger partial charge in [-0.15, -0.1) is 0 Å². The largest absolute Gasteiger partial charge is 0.393 e. The number of nitrogens with zero attached hydrogens (tertiary/aromatic N) is 2. The van der Waals surface area contributed by atoms with E-state index in [1.165, 1.54) is 12.8 Å². The van der Waals surface area contributed by atoms with Gasteiger partial charge >= 0.3 is 0 Å². The smallest absolute Gasteiger partial charge is 0.0766 e. The first kappa shape index (κ1) is 15.7. The maximum absolute atomic E-state index is 10.1. The lowest BCUT2D eigenvalue weighted by Crippen LogP contribution is -2.14. The van der Waals surface area contributed by atoms with E-state index in [1.807, 2.05) is 4.68 Å². The second-order valence-electron chi connectivity index (χ2n) is 4.73. The molecule has 0 aliphatic rings. The van der Waals surface area contributed by atoms with Crippen LogP contribution < -0.4 is 0 Å². The fourth-order valence-electron chi connectivity index (χ4n) is 2.17. The molecule has 1 heterocycles. The number of halogens is 1. The van der Waals surface area contributed by atoms with Crippen molar-refractivity contribution in [1.29, 1.82) is 0 Å². The lowest BCUT2D eigenvalue weighted by atomic mass is 10.1. The summed E-state index contributed by atoms with van der Waals surface area (Å²) in [4.78, 5) is 0. The SMILES string of the molecule is CCCCCC(O)Cc1c(Br)c(CC)nn1CC. The quantitative estimate of drug-likeness (QED) is 0.742. The average Bonchev–Trinajstić information content (AvgIpc) is 2.66. The van der Waals surface area contributed by atoms with Crippen LogP contribution in [0.2, 0.25) is 0 Å². The highest BCUT2D eigenvalue weighted by Gasteiger charge is 2.16. The summed E-state index contributed by atoms with van der Waals surface area (Å²) < 4.78 is 3.09. The third-order valence-corrected chi connectivity index (χ3v) is 4.18. The van der Waals surface area contributed by atoms with Gasteiger partial charge in [-0.05, 0) is 35.7 Å². The molecule has 0 aromatic carbocycles. The Morgan fingerprint density at radius 3 is 2.56 bits per heavy atom. The summed E-state index contributed by atoms with van der Waals surface area (Å²) in [6.07, 6.45) is 5.76. The molecule has 0 spiro atoms. The van der Waals surface area contributed by atoms with Crippen molar-refractivity contribution in [3.8, 4) is 0 Å². The molecule has 0 amide bonds. The fourth-order valence-corrected chi connectivity index (χ4v) is 2.89. The van der Waals surface area contributed by atoms with E-state index in [-0.39, 0.29) is 6.10 Å². The van der Waals surface area contributed by atoms with Gasteiger partial charge in [0, 0.05) is 13.0 Å². The Morgan fingerprint density at radius 1 is 1.28 bits per heavy atom. The number of hydrogen-bond acceptors (Lipinski definition) is 2. The highest BCUT2D eigenvalue weighted by Crippen LogP contribution is 2.24. The van der Waals surface area contributed by atoms with Gasteiger partial charge in [0.15, 0.2) is 0 Å². The van der Waals surface area contributed by atoms with E-state index >= 15 is 0 Å². The van der Waals surface area contributed by atoms with Crippen LogP contribution in [0.1, 0.15) is 57.8 Å². The lowest BCUT2D eigenvalue weighted by molar-refractivity contribution is 0.158. The number of rotatable bonds is 8.